The number of urea groups is 1. The standard InChI is InChI=1S/C19H22BBrN2O3/c1-18(2)19(3,4)26-20(25-18)13-6-5-7-16(12-13)23-17(24)22-15-10-8-14(21)9-11-15/h5-12H,1-4H3,(H2,22,23,24). The van der Waals surface area contributed by atoms with E-state index in [1.807, 2.05) is 76.2 Å². The number of carbonyl (C=O) groups is 1. The van der Waals surface area contributed by atoms with E-state index in [0.717, 1.165) is 9.94 Å². The predicted octanol–water partition coefficient (Wildman–Crippen LogP) is 4.39. The first-order chi connectivity index (χ1) is 12.2. The van der Waals surface area contributed by atoms with Crippen LogP contribution in [-0.4, -0.2) is 24.4 Å². The van der Waals surface area contributed by atoms with E-state index in [1.54, 1.807) is 0 Å². The van der Waals surface area contributed by atoms with E-state index in [-0.39, 0.29) is 6.03 Å². The largest absolute Gasteiger partial charge is 0.494 e. The molecule has 5 nitrogen and oxygen atoms in total. The summed E-state index contributed by atoms with van der Waals surface area (Å²) in [4.78, 5) is 12.2. The van der Waals surface area contributed by atoms with Gasteiger partial charge in [0, 0.05) is 15.8 Å². The van der Waals surface area contributed by atoms with E-state index in [2.05, 4.69) is 26.6 Å². The second-order valence-corrected chi connectivity index (χ2v) is 8.22. The summed E-state index contributed by atoms with van der Waals surface area (Å²) in [7, 11) is -0.462. The van der Waals surface area contributed by atoms with Crippen molar-refractivity contribution in [1.82, 2.24) is 0 Å². The number of hydrogen-bond donors (Lipinski definition) is 2. The maximum atomic E-state index is 12.2. The van der Waals surface area contributed by atoms with Gasteiger partial charge in [-0.1, -0.05) is 28.1 Å². The Labute approximate surface area is 162 Å². The van der Waals surface area contributed by atoms with Crippen LogP contribution in [-0.2, 0) is 9.31 Å². The molecule has 2 N–H and O–H groups in total. The van der Waals surface area contributed by atoms with Gasteiger partial charge in [0.15, 0.2) is 0 Å². The molecule has 0 aliphatic carbocycles. The van der Waals surface area contributed by atoms with Gasteiger partial charge in [0.05, 0.1) is 11.2 Å². The minimum Gasteiger partial charge on any atom is -0.399 e. The Morgan fingerprint density at radius 2 is 1.50 bits per heavy atom. The van der Waals surface area contributed by atoms with Gasteiger partial charge in [-0.2, -0.15) is 0 Å². The summed E-state index contributed by atoms with van der Waals surface area (Å²) in [5.41, 5.74) is 1.45. The fourth-order valence-electron chi connectivity index (χ4n) is 2.57. The molecule has 0 spiro atoms. The third-order valence-corrected chi connectivity index (χ3v) is 5.30. The van der Waals surface area contributed by atoms with Crippen molar-refractivity contribution in [1.29, 1.82) is 0 Å². The number of anilines is 2. The number of benzene rings is 2. The number of halogens is 1. The lowest BCUT2D eigenvalue weighted by Gasteiger charge is -2.32. The van der Waals surface area contributed by atoms with Crippen molar-refractivity contribution < 1.29 is 14.1 Å². The lowest BCUT2D eigenvalue weighted by Crippen LogP contribution is -2.41. The summed E-state index contributed by atoms with van der Waals surface area (Å²) in [5, 5.41) is 5.64. The van der Waals surface area contributed by atoms with Gasteiger partial charge < -0.3 is 19.9 Å². The van der Waals surface area contributed by atoms with Crippen molar-refractivity contribution in [2.75, 3.05) is 10.6 Å². The molecule has 136 valence electrons. The molecule has 26 heavy (non-hydrogen) atoms. The molecule has 1 aliphatic rings. The van der Waals surface area contributed by atoms with Crippen molar-refractivity contribution in [3.05, 3.63) is 53.0 Å². The number of nitrogens with one attached hydrogen (secondary N) is 2. The monoisotopic (exact) mass is 416 g/mol. The van der Waals surface area contributed by atoms with Gasteiger partial charge in [0.25, 0.3) is 0 Å². The van der Waals surface area contributed by atoms with Gasteiger partial charge in [-0.05, 0) is 69.6 Å². The molecule has 2 aromatic carbocycles. The maximum absolute atomic E-state index is 12.2. The van der Waals surface area contributed by atoms with Crippen molar-refractivity contribution in [2.45, 2.75) is 38.9 Å². The van der Waals surface area contributed by atoms with Gasteiger partial charge in [-0.25, -0.2) is 4.79 Å². The van der Waals surface area contributed by atoms with Crippen LogP contribution in [0.2, 0.25) is 0 Å². The smallest absolute Gasteiger partial charge is 0.399 e. The van der Waals surface area contributed by atoms with Crippen LogP contribution in [0.5, 0.6) is 0 Å². The van der Waals surface area contributed by atoms with Crippen LogP contribution in [0.25, 0.3) is 0 Å². The van der Waals surface area contributed by atoms with Gasteiger partial charge in [-0.15, -0.1) is 0 Å². The summed E-state index contributed by atoms with van der Waals surface area (Å²) in [6.07, 6.45) is 0. The quantitative estimate of drug-likeness (QED) is 0.729. The second-order valence-electron chi connectivity index (χ2n) is 7.30. The van der Waals surface area contributed by atoms with Crippen molar-refractivity contribution in [3.63, 3.8) is 0 Å². The third kappa shape index (κ3) is 4.11. The first-order valence-electron chi connectivity index (χ1n) is 8.45. The summed E-state index contributed by atoms with van der Waals surface area (Å²) in [6.45, 7) is 8.06. The fraction of sp³-hybridized carbons (Fsp3) is 0.316. The zero-order valence-electron chi connectivity index (χ0n) is 15.3. The van der Waals surface area contributed by atoms with Gasteiger partial charge in [0.1, 0.15) is 0 Å². The molecule has 1 saturated heterocycles. The minimum absolute atomic E-state index is 0.307. The zero-order valence-corrected chi connectivity index (χ0v) is 16.9. The highest BCUT2D eigenvalue weighted by Gasteiger charge is 2.51. The Morgan fingerprint density at radius 1 is 0.923 bits per heavy atom. The maximum Gasteiger partial charge on any atom is 0.494 e. The molecule has 0 atom stereocenters. The molecule has 2 amide bonds. The van der Waals surface area contributed by atoms with E-state index in [0.29, 0.717) is 11.4 Å². The molecule has 0 radical (unpaired) electrons. The zero-order chi connectivity index (χ0) is 18.9. The molecule has 1 fully saturated rings. The highest BCUT2D eigenvalue weighted by atomic mass is 79.9. The predicted molar refractivity (Wildman–Crippen MR) is 109 cm³/mol. The number of hydrogen-bond acceptors (Lipinski definition) is 3. The average molecular weight is 417 g/mol. The topological polar surface area (TPSA) is 59.6 Å². The van der Waals surface area contributed by atoms with Crippen LogP contribution in [0.3, 0.4) is 0 Å². The summed E-state index contributed by atoms with van der Waals surface area (Å²) >= 11 is 3.37. The van der Waals surface area contributed by atoms with Crippen molar-refractivity contribution >= 4 is 45.9 Å². The molecule has 0 saturated carbocycles. The highest BCUT2D eigenvalue weighted by molar-refractivity contribution is 9.10. The van der Waals surface area contributed by atoms with Crippen molar-refractivity contribution in [2.24, 2.45) is 0 Å². The molecule has 3 rings (SSSR count). The lowest BCUT2D eigenvalue weighted by molar-refractivity contribution is 0.00578. The minimum atomic E-state index is -0.462. The van der Waals surface area contributed by atoms with Crippen LogP contribution < -0.4 is 16.1 Å². The first-order valence-corrected chi connectivity index (χ1v) is 9.25. The fourth-order valence-corrected chi connectivity index (χ4v) is 2.83. The lowest BCUT2D eigenvalue weighted by atomic mass is 9.79. The van der Waals surface area contributed by atoms with Crippen LogP contribution in [0, 0.1) is 0 Å². The van der Waals surface area contributed by atoms with E-state index >= 15 is 0 Å². The summed E-state index contributed by atoms with van der Waals surface area (Å²) < 4.78 is 13.1. The van der Waals surface area contributed by atoms with Crippen molar-refractivity contribution in [3.8, 4) is 0 Å². The molecular formula is C19H22BBrN2O3. The molecule has 0 unspecified atom stereocenters. The van der Waals surface area contributed by atoms with E-state index in [9.17, 15) is 4.79 Å². The Hall–Kier alpha value is -1.83. The molecule has 7 heteroatoms. The number of amides is 2. The van der Waals surface area contributed by atoms with Gasteiger partial charge in [-0.3, -0.25) is 0 Å². The first kappa shape index (κ1) is 19.0. The van der Waals surface area contributed by atoms with Crippen LogP contribution >= 0.6 is 15.9 Å². The Balaban J connectivity index is 1.68. The summed E-state index contributed by atoms with van der Waals surface area (Å²) in [6, 6.07) is 14.6. The molecule has 2 aromatic rings. The Morgan fingerprint density at radius 3 is 2.12 bits per heavy atom. The van der Waals surface area contributed by atoms with E-state index in [4.69, 9.17) is 9.31 Å². The van der Waals surface area contributed by atoms with Crippen LogP contribution in [0.1, 0.15) is 27.7 Å². The van der Waals surface area contributed by atoms with Gasteiger partial charge in [0.2, 0.25) is 0 Å². The van der Waals surface area contributed by atoms with Crippen LogP contribution in [0.4, 0.5) is 16.2 Å². The second kappa shape index (κ2) is 7.06. The average Bonchev–Trinajstić information content (AvgIpc) is 2.78. The normalized spacial score (nSPS) is 17.8. The SMILES string of the molecule is CC1(C)OB(c2cccc(NC(=O)Nc3ccc(Br)cc3)c2)OC1(C)C. The van der Waals surface area contributed by atoms with E-state index < -0.39 is 18.3 Å². The summed E-state index contributed by atoms with van der Waals surface area (Å²) in [5.74, 6) is 0. The van der Waals surface area contributed by atoms with Crippen LogP contribution in [0.15, 0.2) is 53.0 Å². The Bertz CT molecular complexity index is 793. The highest BCUT2D eigenvalue weighted by Crippen LogP contribution is 2.36. The molecule has 1 aliphatic heterocycles. The van der Waals surface area contributed by atoms with E-state index in [1.165, 1.54) is 0 Å². The third-order valence-electron chi connectivity index (χ3n) is 4.77. The molecular weight excluding hydrogens is 395 g/mol. The molecule has 0 aromatic heterocycles. The Kier molecular flexibility index (Phi) is 5.15. The molecule has 0 bridgehead atoms. The number of carbonyl (C=O) groups excluding carboxylic acids is 1. The molecule has 1 heterocycles. The van der Waals surface area contributed by atoms with Gasteiger partial charge >= 0.3 is 13.1 Å². The number of rotatable bonds is 3.